The first-order valence-electron chi connectivity index (χ1n) is 6.50. The van der Waals surface area contributed by atoms with Crippen molar-refractivity contribution in [3.8, 4) is 0 Å². The molecule has 0 aliphatic rings. The molecule has 0 aliphatic carbocycles. The van der Waals surface area contributed by atoms with Gasteiger partial charge in [0, 0.05) is 19.3 Å². The minimum absolute atomic E-state index is 0.133. The Labute approximate surface area is 121 Å². The molecule has 114 valence electrons. The molecule has 0 radical (unpaired) electrons. The largest absolute Gasteiger partial charge is 0.385 e. The zero-order valence-electron chi connectivity index (χ0n) is 12.8. The SMILES string of the molecule is COC(C)(C)CCNc1cc(S(N)(=O)=O)cc(C)c1C. The van der Waals surface area contributed by atoms with Gasteiger partial charge in [0.15, 0.2) is 0 Å². The topological polar surface area (TPSA) is 81.4 Å². The maximum absolute atomic E-state index is 11.5. The molecule has 3 N–H and O–H groups in total. The van der Waals surface area contributed by atoms with Crippen molar-refractivity contribution in [2.75, 3.05) is 19.0 Å². The number of benzene rings is 1. The van der Waals surface area contributed by atoms with Gasteiger partial charge in [-0.1, -0.05) is 0 Å². The average Bonchev–Trinajstić information content (AvgIpc) is 2.32. The summed E-state index contributed by atoms with van der Waals surface area (Å²) in [4.78, 5) is 0.133. The van der Waals surface area contributed by atoms with Crippen LogP contribution >= 0.6 is 0 Å². The Morgan fingerprint density at radius 3 is 2.40 bits per heavy atom. The molecule has 0 saturated heterocycles. The van der Waals surface area contributed by atoms with Gasteiger partial charge in [-0.25, -0.2) is 13.6 Å². The van der Waals surface area contributed by atoms with Gasteiger partial charge in [-0.2, -0.15) is 0 Å². The lowest BCUT2D eigenvalue weighted by atomic mass is 10.0. The van der Waals surface area contributed by atoms with Crippen LogP contribution in [0.4, 0.5) is 5.69 Å². The predicted molar refractivity (Wildman–Crippen MR) is 81.5 cm³/mol. The van der Waals surface area contributed by atoms with Gasteiger partial charge in [0.1, 0.15) is 0 Å². The van der Waals surface area contributed by atoms with Gasteiger partial charge in [0.25, 0.3) is 0 Å². The molecule has 0 amide bonds. The molecule has 0 saturated carbocycles. The van der Waals surface area contributed by atoms with Crippen molar-refractivity contribution in [1.29, 1.82) is 0 Å². The predicted octanol–water partition coefficient (Wildman–Crippen LogP) is 2.18. The van der Waals surface area contributed by atoms with Crippen molar-refractivity contribution in [3.63, 3.8) is 0 Å². The number of rotatable bonds is 6. The van der Waals surface area contributed by atoms with E-state index < -0.39 is 10.0 Å². The van der Waals surface area contributed by atoms with Crippen LogP contribution in [-0.2, 0) is 14.8 Å². The van der Waals surface area contributed by atoms with E-state index in [0.29, 0.717) is 6.54 Å². The van der Waals surface area contributed by atoms with E-state index in [4.69, 9.17) is 9.88 Å². The van der Waals surface area contributed by atoms with Crippen LogP contribution in [0.3, 0.4) is 0 Å². The molecule has 0 unspecified atom stereocenters. The summed E-state index contributed by atoms with van der Waals surface area (Å²) in [5.74, 6) is 0. The van der Waals surface area contributed by atoms with Gasteiger partial charge < -0.3 is 10.1 Å². The molecule has 1 aromatic carbocycles. The molecule has 20 heavy (non-hydrogen) atoms. The van der Waals surface area contributed by atoms with E-state index in [0.717, 1.165) is 23.2 Å². The Hall–Kier alpha value is -1.11. The molecular weight excluding hydrogens is 276 g/mol. The first kappa shape index (κ1) is 16.9. The Morgan fingerprint density at radius 1 is 1.30 bits per heavy atom. The first-order valence-corrected chi connectivity index (χ1v) is 8.04. The molecule has 6 heteroatoms. The van der Waals surface area contributed by atoms with Crippen LogP contribution in [0.25, 0.3) is 0 Å². The molecular formula is C14H24N2O3S. The number of nitrogens with one attached hydrogen (secondary N) is 1. The number of aryl methyl sites for hydroxylation is 1. The summed E-state index contributed by atoms with van der Waals surface area (Å²) in [6.07, 6.45) is 0.807. The maximum Gasteiger partial charge on any atom is 0.238 e. The Kier molecular flexibility index (Phi) is 5.18. The molecule has 0 spiro atoms. The van der Waals surface area contributed by atoms with Crippen LogP contribution in [0.2, 0.25) is 0 Å². The summed E-state index contributed by atoms with van der Waals surface area (Å²) in [5, 5.41) is 8.45. The number of ether oxygens (including phenoxy) is 1. The summed E-state index contributed by atoms with van der Waals surface area (Å²) in [7, 11) is -2.01. The van der Waals surface area contributed by atoms with Gasteiger partial charge in [0.05, 0.1) is 10.5 Å². The van der Waals surface area contributed by atoms with E-state index in [1.165, 1.54) is 0 Å². The van der Waals surface area contributed by atoms with Gasteiger partial charge >= 0.3 is 0 Å². The third-order valence-corrected chi connectivity index (χ3v) is 4.46. The first-order chi connectivity index (χ1) is 9.07. The lowest BCUT2D eigenvalue weighted by Gasteiger charge is -2.23. The van der Waals surface area contributed by atoms with Crippen LogP contribution in [0, 0.1) is 13.8 Å². The second-order valence-electron chi connectivity index (χ2n) is 5.60. The van der Waals surface area contributed by atoms with Gasteiger partial charge in [-0.15, -0.1) is 0 Å². The smallest absolute Gasteiger partial charge is 0.238 e. The average molecular weight is 300 g/mol. The Morgan fingerprint density at radius 2 is 1.90 bits per heavy atom. The fraction of sp³-hybridized carbons (Fsp3) is 0.571. The van der Waals surface area contributed by atoms with Gasteiger partial charge in [-0.3, -0.25) is 0 Å². The normalized spacial score (nSPS) is 12.5. The van der Waals surface area contributed by atoms with Crippen molar-refractivity contribution in [2.24, 2.45) is 5.14 Å². The number of hydrogen-bond donors (Lipinski definition) is 2. The van der Waals surface area contributed by atoms with Crippen LogP contribution < -0.4 is 10.5 Å². The van der Waals surface area contributed by atoms with E-state index in [9.17, 15) is 8.42 Å². The molecule has 0 fully saturated rings. The molecule has 1 aromatic rings. The Bertz CT molecular complexity index is 580. The third-order valence-electron chi connectivity index (χ3n) is 3.56. The number of nitrogens with two attached hydrogens (primary N) is 1. The molecule has 0 aromatic heterocycles. The standard InChI is InChI=1S/C14H24N2O3S/c1-10-8-12(20(15,17)18)9-13(11(10)2)16-7-6-14(3,4)19-5/h8-9,16H,6-7H2,1-5H3,(H2,15,17,18). The van der Waals surface area contributed by atoms with Crippen LogP contribution in [-0.4, -0.2) is 27.7 Å². The van der Waals surface area contributed by atoms with Gasteiger partial charge in [-0.05, 0) is 57.4 Å². The number of primary sulfonamides is 1. The molecule has 5 nitrogen and oxygen atoms in total. The lowest BCUT2D eigenvalue weighted by molar-refractivity contribution is 0.0185. The summed E-state index contributed by atoms with van der Waals surface area (Å²) >= 11 is 0. The van der Waals surface area contributed by atoms with E-state index in [1.807, 2.05) is 27.7 Å². The van der Waals surface area contributed by atoms with Crippen molar-refractivity contribution in [3.05, 3.63) is 23.3 Å². The van der Waals surface area contributed by atoms with Gasteiger partial charge in [0.2, 0.25) is 10.0 Å². The third kappa shape index (κ3) is 4.47. The molecule has 0 atom stereocenters. The molecule has 0 aliphatic heterocycles. The summed E-state index contributed by atoms with van der Waals surface area (Å²) in [5.41, 5.74) is 2.49. The number of hydrogen-bond acceptors (Lipinski definition) is 4. The molecule has 0 bridgehead atoms. The highest BCUT2D eigenvalue weighted by molar-refractivity contribution is 7.89. The number of methoxy groups -OCH3 is 1. The Balaban J connectivity index is 2.93. The monoisotopic (exact) mass is 300 g/mol. The van der Waals surface area contributed by atoms with E-state index >= 15 is 0 Å². The highest BCUT2D eigenvalue weighted by Gasteiger charge is 2.16. The summed E-state index contributed by atoms with van der Waals surface area (Å²) < 4.78 is 28.3. The second-order valence-corrected chi connectivity index (χ2v) is 7.16. The fourth-order valence-corrected chi connectivity index (χ4v) is 2.40. The minimum atomic E-state index is -3.69. The fourth-order valence-electron chi connectivity index (χ4n) is 1.77. The lowest BCUT2D eigenvalue weighted by Crippen LogP contribution is -2.26. The van der Waals surface area contributed by atoms with E-state index in [-0.39, 0.29) is 10.5 Å². The van der Waals surface area contributed by atoms with Crippen molar-refractivity contribution < 1.29 is 13.2 Å². The zero-order valence-corrected chi connectivity index (χ0v) is 13.6. The highest BCUT2D eigenvalue weighted by atomic mass is 32.2. The highest BCUT2D eigenvalue weighted by Crippen LogP contribution is 2.24. The second kappa shape index (κ2) is 6.11. The van der Waals surface area contributed by atoms with Crippen molar-refractivity contribution >= 4 is 15.7 Å². The van der Waals surface area contributed by atoms with Crippen LogP contribution in [0.15, 0.2) is 17.0 Å². The summed E-state index contributed by atoms with van der Waals surface area (Å²) in [6.45, 7) is 8.52. The zero-order chi connectivity index (χ0) is 15.6. The minimum Gasteiger partial charge on any atom is -0.385 e. The van der Waals surface area contributed by atoms with Crippen molar-refractivity contribution in [1.82, 2.24) is 0 Å². The molecule has 1 rings (SSSR count). The number of sulfonamides is 1. The summed E-state index contributed by atoms with van der Waals surface area (Å²) in [6, 6.07) is 3.17. The van der Waals surface area contributed by atoms with Crippen molar-refractivity contribution in [2.45, 2.75) is 44.6 Å². The van der Waals surface area contributed by atoms with E-state index in [1.54, 1.807) is 19.2 Å². The quantitative estimate of drug-likeness (QED) is 0.843. The van der Waals surface area contributed by atoms with E-state index in [2.05, 4.69) is 5.32 Å². The maximum atomic E-state index is 11.5. The molecule has 0 heterocycles. The number of anilines is 1. The van der Waals surface area contributed by atoms with Crippen LogP contribution in [0.1, 0.15) is 31.4 Å². The van der Waals surface area contributed by atoms with Crippen LogP contribution in [0.5, 0.6) is 0 Å².